The Bertz CT molecular complexity index is 1460. The van der Waals surface area contributed by atoms with Gasteiger partial charge >= 0.3 is 0 Å². The minimum Gasteiger partial charge on any atom is -0.494 e. The van der Waals surface area contributed by atoms with Gasteiger partial charge in [-0.1, -0.05) is 42.5 Å². The molecule has 4 aromatic rings. The second-order valence-electron chi connectivity index (χ2n) is 9.31. The average molecular weight is 499 g/mol. The molecule has 1 atom stereocenters. The van der Waals surface area contributed by atoms with Crippen molar-refractivity contribution in [1.82, 2.24) is 9.80 Å². The van der Waals surface area contributed by atoms with Crippen LogP contribution in [0.3, 0.4) is 0 Å². The number of fused-ring (bicyclic) bond motifs is 2. The number of carbonyl (C=O) groups is 1. The summed E-state index contributed by atoms with van der Waals surface area (Å²) >= 11 is 0. The van der Waals surface area contributed by atoms with Crippen LogP contribution in [-0.2, 0) is 6.61 Å². The van der Waals surface area contributed by atoms with Gasteiger partial charge in [0.15, 0.2) is 5.43 Å². The van der Waals surface area contributed by atoms with Crippen LogP contribution < -0.4 is 14.9 Å². The molecule has 1 amide bonds. The first-order valence-corrected chi connectivity index (χ1v) is 12.4. The van der Waals surface area contributed by atoms with E-state index in [0.717, 1.165) is 11.1 Å². The minimum atomic E-state index is -0.544. The van der Waals surface area contributed by atoms with Crippen LogP contribution in [0.1, 0.15) is 40.2 Å². The van der Waals surface area contributed by atoms with Crippen molar-refractivity contribution in [3.05, 3.63) is 105 Å². The van der Waals surface area contributed by atoms with E-state index in [2.05, 4.69) is 0 Å². The topological polar surface area (TPSA) is 72.2 Å². The molecule has 0 aliphatic carbocycles. The van der Waals surface area contributed by atoms with Gasteiger partial charge in [0.1, 0.15) is 23.7 Å². The smallest absolute Gasteiger partial charge is 0.290 e. The number of ether oxygens (including phenoxy) is 2. The zero-order chi connectivity index (χ0) is 25.9. The third-order valence-electron chi connectivity index (χ3n) is 6.48. The Balaban J connectivity index is 1.52. The van der Waals surface area contributed by atoms with Crippen LogP contribution >= 0.6 is 0 Å². The molecule has 5 rings (SSSR count). The predicted molar refractivity (Wildman–Crippen MR) is 142 cm³/mol. The number of rotatable bonds is 9. The van der Waals surface area contributed by atoms with E-state index in [1.165, 1.54) is 0 Å². The van der Waals surface area contributed by atoms with E-state index in [1.807, 2.05) is 80.5 Å². The van der Waals surface area contributed by atoms with E-state index in [4.69, 9.17) is 13.9 Å². The summed E-state index contributed by atoms with van der Waals surface area (Å²) in [4.78, 5) is 31.0. The summed E-state index contributed by atoms with van der Waals surface area (Å²) in [5, 5.41) is 0.428. The van der Waals surface area contributed by atoms with Gasteiger partial charge in [-0.25, -0.2) is 0 Å². The van der Waals surface area contributed by atoms with E-state index in [0.29, 0.717) is 54.3 Å². The fourth-order valence-electron chi connectivity index (χ4n) is 4.63. The van der Waals surface area contributed by atoms with Gasteiger partial charge in [-0.2, -0.15) is 0 Å². The van der Waals surface area contributed by atoms with Crippen molar-refractivity contribution >= 4 is 16.9 Å². The number of likely N-dealkylation sites (N-methyl/N-ethyl adjacent to an activating group) is 1. The van der Waals surface area contributed by atoms with Crippen molar-refractivity contribution in [1.29, 1.82) is 0 Å². The SMILES string of the molecule is CCOc1ccc2c(=O)c3c(oc2c1)C(=O)N(CCN(C)C)C3c1ccc(OCc2ccccc2)cc1. The van der Waals surface area contributed by atoms with Gasteiger partial charge in [0.2, 0.25) is 5.76 Å². The lowest BCUT2D eigenvalue weighted by Crippen LogP contribution is -2.35. The van der Waals surface area contributed by atoms with Crippen LogP contribution in [-0.4, -0.2) is 49.5 Å². The highest BCUT2D eigenvalue weighted by Crippen LogP contribution is 2.39. The lowest BCUT2D eigenvalue weighted by Gasteiger charge is -2.26. The Kier molecular flexibility index (Phi) is 6.97. The number of carbonyl (C=O) groups excluding carboxylic acids is 1. The number of amides is 1. The van der Waals surface area contributed by atoms with Crippen LogP contribution in [0, 0.1) is 0 Å². The molecule has 0 radical (unpaired) electrons. The maximum atomic E-state index is 13.7. The monoisotopic (exact) mass is 498 g/mol. The van der Waals surface area contributed by atoms with Gasteiger partial charge in [0, 0.05) is 19.2 Å². The fourth-order valence-corrected chi connectivity index (χ4v) is 4.63. The van der Waals surface area contributed by atoms with Crippen molar-refractivity contribution in [2.45, 2.75) is 19.6 Å². The van der Waals surface area contributed by atoms with Crippen LogP contribution in [0.15, 0.2) is 82.0 Å². The van der Waals surface area contributed by atoms with Gasteiger partial charge in [-0.05, 0) is 56.4 Å². The largest absolute Gasteiger partial charge is 0.494 e. The molecule has 0 saturated carbocycles. The van der Waals surface area contributed by atoms with Crippen LogP contribution in [0.2, 0.25) is 0 Å². The van der Waals surface area contributed by atoms with Crippen molar-refractivity contribution in [2.75, 3.05) is 33.8 Å². The van der Waals surface area contributed by atoms with Gasteiger partial charge in [-0.15, -0.1) is 0 Å². The van der Waals surface area contributed by atoms with E-state index < -0.39 is 6.04 Å². The Morgan fingerprint density at radius 2 is 1.65 bits per heavy atom. The molecule has 3 aromatic carbocycles. The van der Waals surface area contributed by atoms with Gasteiger partial charge in [-0.3, -0.25) is 9.59 Å². The van der Waals surface area contributed by atoms with Gasteiger partial charge < -0.3 is 23.7 Å². The average Bonchev–Trinajstić information content (AvgIpc) is 3.19. The van der Waals surface area contributed by atoms with Crippen molar-refractivity contribution in [3.8, 4) is 11.5 Å². The third kappa shape index (κ3) is 4.95. The highest BCUT2D eigenvalue weighted by atomic mass is 16.5. The number of benzene rings is 3. The Hall–Kier alpha value is -4.10. The second kappa shape index (κ2) is 10.5. The quantitative estimate of drug-likeness (QED) is 0.328. The van der Waals surface area contributed by atoms with E-state index in [1.54, 1.807) is 23.1 Å². The van der Waals surface area contributed by atoms with Crippen LogP contribution in [0.4, 0.5) is 0 Å². The van der Waals surface area contributed by atoms with Crippen molar-refractivity contribution < 1.29 is 18.7 Å². The predicted octanol–water partition coefficient (Wildman–Crippen LogP) is 4.88. The molecular formula is C30H30N2O5. The van der Waals surface area contributed by atoms with Gasteiger partial charge in [0.05, 0.1) is 23.6 Å². The van der Waals surface area contributed by atoms with Crippen molar-refractivity contribution in [2.24, 2.45) is 0 Å². The zero-order valence-corrected chi connectivity index (χ0v) is 21.3. The summed E-state index contributed by atoms with van der Waals surface area (Å²) < 4.78 is 17.6. The molecule has 1 aliphatic heterocycles. The highest BCUT2D eigenvalue weighted by Gasteiger charge is 2.42. The molecule has 0 bridgehead atoms. The molecule has 0 spiro atoms. The molecule has 0 fully saturated rings. The minimum absolute atomic E-state index is 0.0966. The lowest BCUT2D eigenvalue weighted by molar-refractivity contribution is 0.0716. The number of hydrogen-bond acceptors (Lipinski definition) is 6. The van der Waals surface area contributed by atoms with Gasteiger partial charge in [0.25, 0.3) is 5.91 Å². The second-order valence-corrected chi connectivity index (χ2v) is 9.31. The third-order valence-corrected chi connectivity index (χ3v) is 6.48. The van der Waals surface area contributed by atoms with Crippen molar-refractivity contribution in [3.63, 3.8) is 0 Å². The van der Waals surface area contributed by atoms with E-state index in [9.17, 15) is 9.59 Å². The maximum absolute atomic E-state index is 13.7. The molecule has 1 aliphatic rings. The molecule has 0 N–H and O–H groups in total. The highest BCUT2D eigenvalue weighted by molar-refractivity contribution is 5.99. The van der Waals surface area contributed by atoms with Crippen LogP contribution in [0.5, 0.6) is 11.5 Å². The summed E-state index contributed by atoms with van der Waals surface area (Å²) in [6.45, 7) is 3.94. The summed E-state index contributed by atoms with van der Waals surface area (Å²) in [6.07, 6.45) is 0. The molecule has 0 saturated heterocycles. The normalized spacial score (nSPS) is 14.9. The first-order valence-electron chi connectivity index (χ1n) is 12.4. The van der Waals surface area contributed by atoms with Crippen LogP contribution in [0.25, 0.3) is 11.0 Å². The molecule has 1 aromatic heterocycles. The zero-order valence-electron chi connectivity index (χ0n) is 21.3. The molecule has 7 heteroatoms. The molecule has 1 unspecified atom stereocenters. The Morgan fingerprint density at radius 3 is 2.35 bits per heavy atom. The Morgan fingerprint density at radius 1 is 0.919 bits per heavy atom. The van der Waals surface area contributed by atoms with E-state index in [-0.39, 0.29) is 17.1 Å². The summed E-state index contributed by atoms with van der Waals surface area (Å²) in [7, 11) is 3.91. The first-order chi connectivity index (χ1) is 18.0. The lowest BCUT2D eigenvalue weighted by atomic mass is 9.98. The molecule has 37 heavy (non-hydrogen) atoms. The summed E-state index contributed by atoms with van der Waals surface area (Å²) in [5.74, 6) is 1.12. The number of nitrogens with zero attached hydrogens (tertiary/aromatic N) is 2. The fraction of sp³-hybridized carbons (Fsp3) is 0.267. The molecule has 2 heterocycles. The number of hydrogen-bond donors (Lipinski definition) is 0. The molecular weight excluding hydrogens is 468 g/mol. The summed E-state index contributed by atoms with van der Waals surface area (Å²) in [5.41, 5.74) is 2.43. The Labute approximate surface area is 215 Å². The standard InChI is InChI=1S/C30H30N2O5/c1-4-35-23-14-15-24-25(18-23)37-29-26(28(24)33)27(32(30(29)34)17-16-31(2)3)21-10-12-22(13-11-21)36-19-20-8-6-5-7-9-20/h5-15,18,27H,4,16-17,19H2,1-3H3. The first kappa shape index (κ1) is 24.6. The maximum Gasteiger partial charge on any atom is 0.290 e. The van der Waals surface area contributed by atoms with E-state index >= 15 is 0 Å². The molecule has 7 nitrogen and oxygen atoms in total. The summed E-state index contributed by atoms with van der Waals surface area (Å²) in [6, 6.07) is 22.1. The molecule has 190 valence electrons.